The van der Waals surface area contributed by atoms with Crippen molar-refractivity contribution < 1.29 is 4.79 Å². The molecule has 1 amide bonds. The SMILES string of the molecule is Cc1ccc(C2NC3(CC3)C(=O)N2C2CCCCC2)s1. The largest absolute Gasteiger partial charge is 0.317 e. The maximum atomic E-state index is 12.8. The summed E-state index contributed by atoms with van der Waals surface area (Å²) in [5, 5.41) is 3.65. The molecule has 2 heterocycles. The van der Waals surface area contributed by atoms with E-state index in [1.165, 1.54) is 41.9 Å². The normalized spacial score (nSPS) is 29.4. The first-order chi connectivity index (χ1) is 9.70. The second kappa shape index (κ2) is 4.57. The third-order valence-electron chi connectivity index (χ3n) is 5.08. The first kappa shape index (κ1) is 12.8. The second-order valence-corrected chi connectivity index (χ2v) is 7.90. The van der Waals surface area contributed by atoms with Crippen LogP contribution in [0.15, 0.2) is 12.1 Å². The molecular formula is C16H22N2OS. The summed E-state index contributed by atoms with van der Waals surface area (Å²) < 4.78 is 0. The number of hydrogen-bond acceptors (Lipinski definition) is 3. The first-order valence-electron chi connectivity index (χ1n) is 7.86. The minimum absolute atomic E-state index is 0.131. The van der Waals surface area contributed by atoms with Gasteiger partial charge in [0.25, 0.3) is 0 Å². The molecule has 1 aliphatic heterocycles. The Balaban J connectivity index is 1.66. The van der Waals surface area contributed by atoms with E-state index < -0.39 is 0 Å². The molecule has 0 aromatic carbocycles. The summed E-state index contributed by atoms with van der Waals surface area (Å²) in [7, 11) is 0. The summed E-state index contributed by atoms with van der Waals surface area (Å²) in [5.41, 5.74) is -0.194. The summed E-state index contributed by atoms with van der Waals surface area (Å²) >= 11 is 1.83. The molecule has 3 fully saturated rings. The quantitative estimate of drug-likeness (QED) is 0.906. The van der Waals surface area contributed by atoms with Gasteiger partial charge in [-0.15, -0.1) is 11.3 Å². The maximum absolute atomic E-state index is 12.8. The zero-order chi connectivity index (χ0) is 13.7. The Morgan fingerprint density at radius 1 is 1.25 bits per heavy atom. The zero-order valence-corrected chi connectivity index (χ0v) is 12.8. The zero-order valence-electron chi connectivity index (χ0n) is 12.0. The number of thiophene rings is 1. The summed E-state index contributed by atoms with van der Waals surface area (Å²) in [6, 6.07) is 4.82. The topological polar surface area (TPSA) is 32.3 Å². The molecule has 108 valence electrons. The van der Waals surface area contributed by atoms with Gasteiger partial charge in [-0.25, -0.2) is 0 Å². The van der Waals surface area contributed by atoms with Gasteiger partial charge >= 0.3 is 0 Å². The number of amides is 1. The van der Waals surface area contributed by atoms with Gasteiger partial charge in [0.2, 0.25) is 5.91 Å². The van der Waals surface area contributed by atoms with Crippen LogP contribution in [0.1, 0.15) is 60.9 Å². The fourth-order valence-corrected chi connectivity index (χ4v) is 4.71. The predicted octanol–water partition coefficient (Wildman–Crippen LogP) is 3.35. The lowest BCUT2D eigenvalue weighted by Crippen LogP contribution is -2.41. The highest BCUT2D eigenvalue weighted by molar-refractivity contribution is 7.12. The smallest absolute Gasteiger partial charge is 0.244 e. The summed E-state index contributed by atoms with van der Waals surface area (Å²) in [5.74, 6) is 0.375. The van der Waals surface area contributed by atoms with Crippen LogP contribution >= 0.6 is 11.3 Å². The highest BCUT2D eigenvalue weighted by Crippen LogP contribution is 2.48. The standard InChI is InChI=1S/C16H22N2OS/c1-11-7-8-13(20-11)14-17-16(9-10-16)15(19)18(14)12-5-3-2-4-6-12/h7-8,12,14,17H,2-6,9-10H2,1H3. The average molecular weight is 290 g/mol. The Kier molecular flexibility index (Phi) is 2.93. The Morgan fingerprint density at radius 2 is 2.00 bits per heavy atom. The van der Waals surface area contributed by atoms with Crippen LogP contribution in [0.2, 0.25) is 0 Å². The molecule has 2 aliphatic carbocycles. The van der Waals surface area contributed by atoms with Crippen molar-refractivity contribution in [2.24, 2.45) is 0 Å². The van der Waals surface area contributed by atoms with Crippen LogP contribution in [0.5, 0.6) is 0 Å². The van der Waals surface area contributed by atoms with Crippen LogP contribution in [0.25, 0.3) is 0 Å². The number of nitrogens with one attached hydrogen (secondary N) is 1. The molecule has 1 aromatic heterocycles. The van der Waals surface area contributed by atoms with Crippen molar-refractivity contribution in [2.45, 2.75) is 69.6 Å². The van der Waals surface area contributed by atoms with Crippen LogP contribution in [0.3, 0.4) is 0 Å². The fourth-order valence-electron chi connectivity index (χ4n) is 3.79. The molecule has 3 nitrogen and oxygen atoms in total. The molecule has 1 unspecified atom stereocenters. The van der Waals surface area contributed by atoms with Crippen molar-refractivity contribution in [1.29, 1.82) is 0 Å². The van der Waals surface area contributed by atoms with E-state index in [0.717, 1.165) is 12.8 Å². The summed E-state index contributed by atoms with van der Waals surface area (Å²) in [4.78, 5) is 17.7. The molecule has 0 radical (unpaired) electrons. The highest BCUT2D eigenvalue weighted by Gasteiger charge is 2.60. The van der Waals surface area contributed by atoms with Gasteiger partial charge < -0.3 is 4.90 Å². The lowest BCUT2D eigenvalue weighted by Gasteiger charge is -2.34. The van der Waals surface area contributed by atoms with Crippen molar-refractivity contribution in [2.75, 3.05) is 0 Å². The van der Waals surface area contributed by atoms with E-state index in [1.807, 2.05) is 11.3 Å². The van der Waals surface area contributed by atoms with Crippen LogP contribution < -0.4 is 5.32 Å². The van der Waals surface area contributed by atoms with E-state index in [4.69, 9.17) is 0 Å². The summed E-state index contributed by atoms with van der Waals surface area (Å²) in [6.45, 7) is 2.14. The van der Waals surface area contributed by atoms with Crippen molar-refractivity contribution in [3.63, 3.8) is 0 Å². The van der Waals surface area contributed by atoms with Crippen molar-refractivity contribution in [3.05, 3.63) is 21.9 Å². The Morgan fingerprint density at radius 3 is 2.60 bits per heavy atom. The highest BCUT2D eigenvalue weighted by atomic mass is 32.1. The minimum Gasteiger partial charge on any atom is -0.317 e. The number of carbonyl (C=O) groups excluding carboxylic acids is 1. The van der Waals surface area contributed by atoms with E-state index in [9.17, 15) is 4.79 Å². The van der Waals surface area contributed by atoms with Gasteiger partial charge in [0.15, 0.2) is 0 Å². The molecule has 1 N–H and O–H groups in total. The van der Waals surface area contributed by atoms with E-state index in [0.29, 0.717) is 11.9 Å². The van der Waals surface area contributed by atoms with Crippen molar-refractivity contribution in [3.8, 4) is 0 Å². The Labute approximate surface area is 124 Å². The van der Waals surface area contributed by atoms with E-state index in [1.54, 1.807) is 0 Å². The van der Waals surface area contributed by atoms with Gasteiger partial charge in [0.1, 0.15) is 11.7 Å². The molecule has 20 heavy (non-hydrogen) atoms. The molecule has 1 saturated heterocycles. The van der Waals surface area contributed by atoms with Gasteiger partial charge in [-0.2, -0.15) is 0 Å². The molecule has 1 atom stereocenters. The van der Waals surface area contributed by atoms with Crippen LogP contribution in [0, 0.1) is 6.92 Å². The minimum atomic E-state index is -0.194. The predicted molar refractivity (Wildman–Crippen MR) is 80.6 cm³/mol. The van der Waals surface area contributed by atoms with Gasteiger partial charge in [0.05, 0.1) is 0 Å². The molecule has 4 heteroatoms. The number of hydrogen-bond donors (Lipinski definition) is 1. The van der Waals surface area contributed by atoms with E-state index >= 15 is 0 Å². The van der Waals surface area contributed by atoms with Gasteiger partial charge in [-0.3, -0.25) is 10.1 Å². The molecular weight excluding hydrogens is 268 g/mol. The van der Waals surface area contributed by atoms with Crippen molar-refractivity contribution in [1.82, 2.24) is 10.2 Å². The van der Waals surface area contributed by atoms with Gasteiger partial charge in [-0.1, -0.05) is 19.3 Å². The Hall–Kier alpha value is -0.870. The number of carbonyl (C=O) groups is 1. The molecule has 1 spiro atoms. The fraction of sp³-hybridized carbons (Fsp3) is 0.688. The Bertz CT molecular complexity index is 528. The lowest BCUT2D eigenvalue weighted by molar-refractivity contribution is -0.133. The van der Waals surface area contributed by atoms with Crippen LogP contribution in [-0.4, -0.2) is 22.4 Å². The van der Waals surface area contributed by atoms with E-state index in [2.05, 4.69) is 29.3 Å². The van der Waals surface area contributed by atoms with Gasteiger partial charge in [-0.05, 0) is 44.7 Å². The van der Waals surface area contributed by atoms with Crippen molar-refractivity contribution >= 4 is 17.2 Å². The molecule has 2 saturated carbocycles. The van der Waals surface area contributed by atoms with Gasteiger partial charge in [0, 0.05) is 15.8 Å². The number of rotatable bonds is 2. The molecule has 0 bridgehead atoms. The number of aryl methyl sites for hydroxylation is 1. The maximum Gasteiger partial charge on any atom is 0.244 e. The molecule has 3 aliphatic rings. The molecule has 4 rings (SSSR count). The first-order valence-corrected chi connectivity index (χ1v) is 8.68. The monoisotopic (exact) mass is 290 g/mol. The third kappa shape index (κ3) is 1.92. The van der Waals surface area contributed by atoms with Crippen LogP contribution in [-0.2, 0) is 4.79 Å². The third-order valence-corrected chi connectivity index (χ3v) is 6.14. The summed E-state index contributed by atoms with van der Waals surface area (Å²) in [6.07, 6.45) is 8.43. The lowest BCUT2D eigenvalue weighted by atomic mass is 9.93. The molecule has 1 aromatic rings. The second-order valence-electron chi connectivity index (χ2n) is 6.58. The average Bonchev–Trinajstić information content (AvgIpc) is 3.03. The van der Waals surface area contributed by atoms with E-state index in [-0.39, 0.29) is 11.7 Å². The number of nitrogens with zero attached hydrogens (tertiary/aromatic N) is 1. The van der Waals surface area contributed by atoms with Crippen LogP contribution in [0.4, 0.5) is 0 Å².